The lowest BCUT2D eigenvalue weighted by Gasteiger charge is -2.20. The number of hydrogen-bond acceptors (Lipinski definition) is 3. The van der Waals surface area contributed by atoms with E-state index in [-0.39, 0.29) is 17.9 Å². The highest BCUT2D eigenvalue weighted by molar-refractivity contribution is 5.93. The Bertz CT molecular complexity index is 647. The second kappa shape index (κ2) is 5.64. The molecule has 1 N–H and O–H groups in total. The highest BCUT2D eigenvalue weighted by Crippen LogP contribution is 2.20. The lowest BCUT2D eigenvalue weighted by Crippen LogP contribution is -2.21. The molecule has 0 radical (unpaired) electrons. The maximum absolute atomic E-state index is 13.6. The number of rotatable bonds is 4. The predicted octanol–water partition coefficient (Wildman–Crippen LogP) is 2.69. The minimum atomic E-state index is -1.28. The Kier molecular flexibility index (Phi) is 3.93. The van der Waals surface area contributed by atoms with E-state index >= 15 is 0 Å². The van der Waals surface area contributed by atoms with Crippen molar-refractivity contribution in [1.29, 1.82) is 0 Å². The molecule has 0 unspecified atom stereocenters. The van der Waals surface area contributed by atoms with E-state index in [4.69, 9.17) is 5.11 Å². The van der Waals surface area contributed by atoms with Gasteiger partial charge in [0, 0.05) is 19.2 Å². The van der Waals surface area contributed by atoms with Crippen LogP contribution in [0.3, 0.4) is 0 Å². The van der Waals surface area contributed by atoms with Crippen molar-refractivity contribution in [3.63, 3.8) is 0 Å². The maximum Gasteiger partial charge on any atom is 0.339 e. The zero-order chi connectivity index (χ0) is 14.7. The Hall–Kier alpha value is -2.50. The fourth-order valence-electron chi connectivity index (χ4n) is 1.85. The van der Waals surface area contributed by atoms with E-state index in [1.54, 1.807) is 25.2 Å². The third-order valence-corrected chi connectivity index (χ3v) is 2.79. The van der Waals surface area contributed by atoms with E-state index in [1.165, 1.54) is 11.0 Å². The fraction of sp³-hybridized carbons (Fsp3) is 0.143. The van der Waals surface area contributed by atoms with Crippen LogP contribution in [0.1, 0.15) is 15.9 Å². The van der Waals surface area contributed by atoms with Crippen molar-refractivity contribution in [2.24, 2.45) is 0 Å². The zero-order valence-corrected chi connectivity index (χ0v) is 10.7. The molecule has 0 spiro atoms. The molecule has 1 heterocycles. The normalized spacial score (nSPS) is 10.3. The minimum Gasteiger partial charge on any atom is -0.478 e. The third kappa shape index (κ3) is 2.90. The van der Waals surface area contributed by atoms with Crippen LogP contribution in [-0.2, 0) is 6.54 Å². The topological polar surface area (TPSA) is 53.4 Å². The number of carbonyl (C=O) groups is 1. The first-order chi connectivity index (χ1) is 9.49. The van der Waals surface area contributed by atoms with E-state index in [0.717, 1.165) is 12.3 Å². The summed E-state index contributed by atoms with van der Waals surface area (Å²) in [6.45, 7) is 0.131. The van der Waals surface area contributed by atoms with Gasteiger partial charge in [0.15, 0.2) is 0 Å². The van der Waals surface area contributed by atoms with Gasteiger partial charge in [-0.05, 0) is 12.1 Å². The largest absolute Gasteiger partial charge is 0.478 e. The van der Waals surface area contributed by atoms with Crippen LogP contribution in [0, 0.1) is 11.6 Å². The first kappa shape index (κ1) is 13.9. The van der Waals surface area contributed by atoms with Gasteiger partial charge in [-0.1, -0.05) is 18.2 Å². The van der Waals surface area contributed by atoms with Crippen molar-refractivity contribution in [3.05, 3.63) is 59.3 Å². The molecule has 1 aromatic carbocycles. The molecule has 1 aromatic heterocycles. The van der Waals surface area contributed by atoms with Gasteiger partial charge in [-0.3, -0.25) is 0 Å². The number of carboxylic acids is 1. The summed E-state index contributed by atoms with van der Waals surface area (Å²) in [5.41, 5.74) is 0.140. The summed E-state index contributed by atoms with van der Waals surface area (Å²) in [4.78, 5) is 16.3. The van der Waals surface area contributed by atoms with E-state index in [0.29, 0.717) is 5.56 Å². The van der Waals surface area contributed by atoms with Gasteiger partial charge in [-0.15, -0.1) is 0 Å². The van der Waals surface area contributed by atoms with E-state index < -0.39 is 17.6 Å². The highest BCUT2D eigenvalue weighted by atomic mass is 19.1. The minimum absolute atomic E-state index is 0.0853. The molecular formula is C14H12F2N2O2. The number of aromatic carboxylic acids is 1. The summed E-state index contributed by atoms with van der Waals surface area (Å²) in [6.07, 6.45) is 0.930. The van der Waals surface area contributed by atoms with Crippen LogP contribution in [0.2, 0.25) is 0 Å². The Morgan fingerprint density at radius 3 is 2.70 bits per heavy atom. The number of halogens is 2. The number of anilines is 1. The number of carboxylic acid groups (broad SMARTS) is 1. The molecule has 0 saturated heterocycles. The summed E-state index contributed by atoms with van der Waals surface area (Å²) in [6, 6.07) is 7.05. The van der Waals surface area contributed by atoms with Gasteiger partial charge < -0.3 is 10.0 Å². The molecule has 2 rings (SSSR count). The summed E-state index contributed by atoms with van der Waals surface area (Å²) < 4.78 is 26.6. The Morgan fingerprint density at radius 2 is 2.05 bits per heavy atom. The fourth-order valence-corrected chi connectivity index (χ4v) is 1.85. The molecule has 104 valence electrons. The van der Waals surface area contributed by atoms with Gasteiger partial charge >= 0.3 is 5.97 Å². The van der Waals surface area contributed by atoms with Crippen LogP contribution in [0.5, 0.6) is 0 Å². The summed E-state index contributed by atoms with van der Waals surface area (Å²) >= 11 is 0. The molecular weight excluding hydrogens is 266 g/mol. The number of aromatic nitrogens is 1. The predicted molar refractivity (Wildman–Crippen MR) is 69.7 cm³/mol. The summed E-state index contributed by atoms with van der Waals surface area (Å²) in [5.74, 6) is -2.32. The van der Waals surface area contributed by atoms with Gasteiger partial charge in [0.1, 0.15) is 23.0 Å². The van der Waals surface area contributed by atoms with E-state index in [9.17, 15) is 13.6 Å². The first-order valence-electron chi connectivity index (χ1n) is 5.82. The van der Waals surface area contributed by atoms with E-state index in [1.807, 2.05) is 0 Å². The van der Waals surface area contributed by atoms with Crippen molar-refractivity contribution >= 4 is 11.8 Å². The molecule has 20 heavy (non-hydrogen) atoms. The molecule has 2 aromatic rings. The molecule has 4 nitrogen and oxygen atoms in total. The lowest BCUT2D eigenvalue weighted by atomic mass is 10.2. The Morgan fingerprint density at radius 1 is 1.35 bits per heavy atom. The van der Waals surface area contributed by atoms with Crippen LogP contribution in [0.15, 0.2) is 36.5 Å². The quantitative estimate of drug-likeness (QED) is 0.934. The van der Waals surface area contributed by atoms with Gasteiger partial charge in [-0.25, -0.2) is 18.6 Å². The molecule has 0 aliphatic rings. The molecule has 6 heteroatoms. The summed E-state index contributed by atoms with van der Waals surface area (Å²) in [5, 5.41) is 9.05. The molecule has 0 fully saturated rings. The van der Waals surface area contributed by atoms with Crippen LogP contribution in [0.4, 0.5) is 14.6 Å². The average molecular weight is 278 g/mol. The SMILES string of the molecule is CN(Cc1ccccc1F)c1ncc(F)cc1C(=O)O. The number of benzene rings is 1. The van der Waals surface area contributed by atoms with Crippen LogP contribution < -0.4 is 4.90 Å². The van der Waals surface area contributed by atoms with Crippen molar-refractivity contribution in [2.45, 2.75) is 6.54 Å². The molecule has 0 aliphatic carbocycles. The Labute approximate surface area is 114 Å². The number of nitrogens with zero attached hydrogens (tertiary/aromatic N) is 2. The number of pyridine rings is 1. The first-order valence-corrected chi connectivity index (χ1v) is 5.82. The van der Waals surface area contributed by atoms with Crippen LogP contribution in [-0.4, -0.2) is 23.1 Å². The molecule has 0 atom stereocenters. The lowest BCUT2D eigenvalue weighted by molar-refractivity contribution is 0.0696. The monoisotopic (exact) mass is 278 g/mol. The van der Waals surface area contributed by atoms with E-state index in [2.05, 4.69) is 4.98 Å². The Balaban J connectivity index is 2.32. The van der Waals surface area contributed by atoms with Gasteiger partial charge in [0.25, 0.3) is 0 Å². The standard InChI is InChI=1S/C14H12F2N2O2/c1-18(8-9-4-2-3-5-12(9)16)13-11(14(19)20)6-10(15)7-17-13/h2-7H,8H2,1H3,(H,19,20). The zero-order valence-electron chi connectivity index (χ0n) is 10.7. The second-order valence-electron chi connectivity index (χ2n) is 4.28. The smallest absolute Gasteiger partial charge is 0.339 e. The molecule has 0 aliphatic heterocycles. The van der Waals surface area contributed by atoms with Gasteiger partial charge in [-0.2, -0.15) is 0 Å². The average Bonchev–Trinajstić information content (AvgIpc) is 2.41. The molecule has 0 bridgehead atoms. The third-order valence-electron chi connectivity index (χ3n) is 2.79. The maximum atomic E-state index is 13.6. The van der Waals surface area contributed by atoms with Crippen LogP contribution >= 0.6 is 0 Å². The van der Waals surface area contributed by atoms with Crippen LogP contribution in [0.25, 0.3) is 0 Å². The molecule has 0 saturated carbocycles. The van der Waals surface area contributed by atoms with Gasteiger partial charge in [0.2, 0.25) is 0 Å². The molecule has 0 amide bonds. The second-order valence-corrected chi connectivity index (χ2v) is 4.28. The van der Waals surface area contributed by atoms with Crippen molar-refractivity contribution in [1.82, 2.24) is 4.98 Å². The highest BCUT2D eigenvalue weighted by Gasteiger charge is 2.17. The summed E-state index contributed by atoms with van der Waals surface area (Å²) in [7, 11) is 1.57. The number of hydrogen-bond donors (Lipinski definition) is 1. The van der Waals surface area contributed by atoms with Crippen molar-refractivity contribution in [3.8, 4) is 0 Å². The van der Waals surface area contributed by atoms with Crippen molar-refractivity contribution in [2.75, 3.05) is 11.9 Å². The van der Waals surface area contributed by atoms with Crippen molar-refractivity contribution < 1.29 is 18.7 Å². The van der Waals surface area contributed by atoms with Gasteiger partial charge in [0.05, 0.1) is 6.20 Å².